The molecule has 0 radical (unpaired) electrons. The second kappa shape index (κ2) is 5.43. The fourth-order valence-corrected chi connectivity index (χ4v) is 3.56. The molecule has 0 fully saturated rings. The van der Waals surface area contributed by atoms with Gasteiger partial charge in [-0.25, -0.2) is 0 Å². The molecule has 1 aromatic rings. The zero-order valence-corrected chi connectivity index (χ0v) is 12.9. The van der Waals surface area contributed by atoms with E-state index in [4.69, 9.17) is 0 Å². The number of halogens is 1. The smallest absolute Gasteiger partial charge is 0.219 e. The van der Waals surface area contributed by atoms with Crippen molar-refractivity contribution in [3.8, 4) is 0 Å². The Bertz CT molecular complexity index is 482. The monoisotopic (exact) mass is 309 g/mol. The van der Waals surface area contributed by atoms with Crippen LogP contribution in [0.4, 0.5) is 0 Å². The molecule has 1 heterocycles. The largest absolute Gasteiger partial charge is 0.338 e. The zero-order valence-electron chi connectivity index (χ0n) is 11.3. The summed E-state index contributed by atoms with van der Waals surface area (Å²) in [7, 11) is 0. The van der Waals surface area contributed by atoms with Crippen LogP contribution in [0.2, 0.25) is 0 Å². The van der Waals surface area contributed by atoms with Crippen molar-refractivity contribution in [2.24, 2.45) is 0 Å². The second-order valence-electron chi connectivity index (χ2n) is 4.85. The van der Waals surface area contributed by atoms with Gasteiger partial charge in [-0.05, 0) is 47.6 Å². The number of benzene rings is 1. The Kier molecular flexibility index (Phi) is 4.10. The molecule has 18 heavy (non-hydrogen) atoms. The average molecular weight is 310 g/mol. The highest BCUT2D eigenvalue weighted by Gasteiger charge is 2.23. The van der Waals surface area contributed by atoms with Crippen molar-refractivity contribution in [1.82, 2.24) is 4.90 Å². The van der Waals surface area contributed by atoms with Gasteiger partial charge in [0.25, 0.3) is 0 Å². The van der Waals surface area contributed by atoms with Crippen molar-refractivity contribution in [1.29, 1.82) is 0 Å². The molecule has 0 saturated heterocycles. The van der Waals surface area contributed by atoms with E-state index in [1.807, 2.05) is 4.90 Å². The first-order valence-electron chi connectivity index (χ1n) is 6.65. The summed E-state index contributed by atoms with van der Waals surface area (Å²) in [5.41, 5.74) is 5.64. The van der Waals surface area contributed by atoms with Crippen molar-refractivity contribution < 1.29 is 4.79 Å². The summed E-state index contributed by atoms with van der Waals surface area (Å²) in [6.45, 7) is 7.68. The molecular weight excluding hydrogens is 290 g/mol. The first kappa shape index (κ1) is 13.6. The maximum absolute atomic E-state index is 11.6. The van der Waals surface area contributed by atoms with Crippen LogP contribution in [0.15, 0.2) is 10.5 Å². The van der Waals surface area contributed by atoms with Gasteiger partial charge in [0.15, 0.2) is 0 Å². The van der Waals surface area contributed by atoms with E-state index in [-0.39, 0.29) is 5.91 Å². The summed E-state index contributed by atoms with van der Waals surface area (Å²) in [6, 6.07) is 2.26. The Morgan fingerprint density at radius 3 is 2.61 bits per heavy atom. The number of hydrogen-bond acceptors (Lipinski definition) is 1. The number of fused-ring (bicyclic) bond motifs is 1. The van der Waals surface area contributed by atoms with E-state index < -0.39 is 0 Å². The summed E-state index contributed by atoms with van der Waals surface area (Å²) in [5, 5.41) is 0. The van der Waals surface area contributed by atoms with Crippen LogP contribution < -0.4 is 0 Å². The van der Waals surface area contributed by atoms with Gasteiger partial charge in [0.2, 0.25) is 5.91 Å². The molecular formula is C15H20BrNO. The Balaban J connectivity index is 2.52. The SMILES string of the molecule is CCc1cc(Br)c2c(c1CC)CN(C(C)=O)CC2. The predicted octanol–water partition coefficient (Wildman–Crippen LogP) is 3.48. The van der Waals surface area contributed by atoms with Crippen molar-refractivity contribution >= 4 is 21.8 Å². The fourth-order valence-electron chi connectivity index (χ4n) is 2.85. The van der Waals surface area contributed by atoms with E-state index in [2.05, 4.69) is 35.8 Å². The van der Waals surface area contributed by atoms with Crippen molar-refractivity contribution in [3.63, 3.8) is 0 Å². The van der Waals surface area contributed by atoms with E-state index in [9.17, 15) is 4.79 Å². The van der Waals surface area contributed by atoms with Gasteiger partial charge in [-0.1, -0.05) is 29.8 Å². The first-order chi connectivity index (χ1) is 8.58. The zero-order chi connectivity index (χ0) is 13.3. The van der Waals surface area contributed by atoms with Gasteiger partial charge in [0.05, 0.1) is 0 Å². The highest BCUT2D eigenvalue weighted by molar-refractivity contribution is 9.10. The lowest BCUT2D eigenvalue weighted by Gasteiger charge is -2.31. The summed E-state index contributed by atoms with van der Waals surface area (Å²) < 4.78 is 1.22. The highest BCUT2D eigenvalue weighted by Crippen LogP contribution is 2.32. The predicted molar refractivity (Wildman–Crippen MR) is 77.7 cm³/mol. The van der Waals surface area contributed by atoms with Crippen LogP contribution >= 0.6 is 15.9 Å². The Hall–Kier alpha value is -0.830. The molecule has 0 saturated carbocycles. The fraction of sp³-hybridized carbons (Fsp3) is 0.533. The Labute approximate surface area is 117 Å². The first-order valence-corrected chi connectivity index (χ1v) is 7.45. The molecule has 2 rings (SSSR count). The van der Waals surface area contributed by atoms with Gasteiger partial charge in [-0.3, -0.25) is 4.79 Å². The third kappa shape index (κ3) is 2.33. The molecule has 3 heteroatoms. The van der Waals surface area contributed by atoms with Gasteiger partial charge in [-0.2, -0.15) is 0 Å². The van der Waals surface area contributed by atoms with Crippen LogP contribution in [0.3, 0.4) is 0 Å². The quantitative estimate of drug-likeness (QED) is 0.819. The summed E-state index contributed by atoms with van der Waals surface area (Å²) in [6.07, 6.45) is 3.06. The van der Waals surface area contributed by atoms with E-state index in [1.54, 1.807) is 6.92 Å². The van der Waals surface area contributed by atoms with E-state index in [1.165, 1.54) is 26.7 Å². The minimum Gasteiger partial charge on any atom is -0.338 e. The van der Waals surface area contributed by atoms with Crippen molar-refractivity contribution in [3.05, 3.63) is 32.8 Å². The lowest BCUT2D eigenvalue weighted by atomic mass is 9.89. The van der Waals surface area contributed by atoms with E-state index in [0.717, 1.165) is 32.4 Å². The number of nitrogens with zero attached hydrogens (tertiary/aromatic N) is 1. The lowest BCUT2D eigenvalue weighted by molar-refractivity contribution is -0.129. The van der Waals surface area contributed by atoms with Crippen LogP contribution in [-0.2, 0) is 30.6 Å². The number of amides is 1. The molecule has 0 atom stereocenters. The summed E-state index contributed by atoms with van der Waals surface area (Å²) in [4.78, 5) is 13.5. The standard InChI is InChI=1S/C15H20BrNO/c1-4-11-8-15(16)13-6-7-17(10(3)18)9-14(13)12(11)5-2/h8H,4-7,9H2,1-3H3. The molecule has 1 amide bonds. The van der Waals surface area contributed by atoms with E-state index in [0.29, 0.717) is 0 Å². The van der Waals surface area contributed by atoms with Gasteiger partial charge in [-0.15, -0.1) is 0 Å². The molecule has 1 aromatic carbocycles. The molecule has 2 nitrogen and oxygen atoms in total. The van der Waals surface area contributed by atoms with Crippen LogP contribution in [0, 0.1) is 0 Å². The summed E-state index contributed by atoms with van der Waals surface area (Å²) in [5.74, 6) is 0.181. The second-order valence-corrected chi connectivity index (χ2v) is 5.71. The molecule has 1 aliphatic heterocycles. The average Bonchev–Trinajstić information content (AvgIpc) is 2.37. The van der Waals surface area contributed by atoms with Crippen LogP contribution in [0.1, 0.15) is 43.0 Å². The minimum atomic E-state index is 0.181. The maximum Gasteiger partial charge on any atom is 0.219 e. The molecule has 0 unspecified atom stereocenters. The van der Waals surface area contributed by atoms with Crippen LogP contribution in [0.25, 0.3) is 0 Å². The van der Waals surface area contributed by atoms with Gasteiger partial charge >= 0.3 is 0 Å². The Morgan fingerprint density at radius 2 is 2.06 bits per heavy atom. The highest BCUT2D eigenvalue weighted by atomic mass is 79.9. The third-order valence-corrected chi connectivity index (χ3v) is 4.57. The number of aryl methyl sites for hydroxylation is 1. The molecule has 0 bridgehead atoms. The number of carbonyl (C=O) groups excluding carboxylic acids is 1. The topological polar surface area (TPSA) is 20.3 Å². The molecule has 0 aliphatic carbocycles. The molecule has 98 valence electrons. The van der Waals surface area contributed by atoms with Crippen molar-refractivity contribution in [2.45, 2.75) is 46.6 Å². The maximum atomic E-state index is 11.6. The Morgan fingerprint density at radius 1 is 1.33 bits per heavy atom. The van der Waals surface area contributed by atoms with Gasteiger partial charge < -0.3 is 4.90 Å². The van der Waals surface area contributed by atoms with Crippen LogP contribution in [0.5, 0.6) is 0 Å². The van der Waals surface area contributed by atoms with Gasteiger partial charge in [0, 0.05) is 24.5 Å². The molecule has 1 aliphatic rings. The lowest BCUT2D eigenvalue weighted by Crippen LogP contribution is -2.35. The number of hydrogen-bond donors (Lipinski definition) is 0. The normalized spacial score (nSPS) is 14.6. The molecule has 0 aromatic heterocycles. The summed E-state index contributed by atoms with van der Waals surface area (Å²) >= 11 is 3.69. The molecule has 0 spiro atoms. The third-order valence-electron chi connectivity index (χ3n) is 3.87. The van der Waals surface area contributed by atoms with E-state index >= 15 is 0 Å². The van der Waals surface area contributed by atoms with Gasteiger partial charge in [0.1, 0.15) is 0 Å². The number of carbonyl (C=O) groups is 1. The number of rotatable bonds is 2. The van der Waals surface area contributed by atoms with Crippen molar-refractivity contribution in [2.75, 3.05) is 6.54 Å². The molecule has 0 N–H and O–H groups in total. The van der Waals surface area contributed by atoms with Crippen LogP contribution in [-0.4, -0.2) is 17.4 Å². The minimum absolute atomic E-state index is 0.181.